The second-order valence-electron chi connectivity index (χ2n) is 3.67. The first-order valence-corrected chi connectivity index (χ1v) is 5.82. The molecule has 1 rings (SSSR count). The summed E-state index contributed by atoms with van der Waals surface area (Å²) in [6, 6.07) is 4.55. The summed E-state index contributed by atoms with van der Waals surface area (Å²) in [5.41, 5.74) is 0.428. The van der Waals surface area contributed by atoms with E-state index in [1.165, 1.54) is 13.2 Å². The van der Waals surface area contributed by atoms with E-state index >= 15 is 0 Å². The first-order valence-electron chi connectivity index (χ1n) is 5.82. The molecule has 1 aromatic carbocycles. The van der Waals surface area contributed by atoms with Crippen LogP contribution in [0.3, 0.4) is 0 Å². The van der Waals surface area contributed by atoms with Gasteiger partial charge in [-0.05, 0) is 6.07 Å². The Hall–Kier alpha value is -1.86. The first-order chi connectivity index (χ1) is 9.19. The molecule has 0 saturated heterocycles. The second kappa shape index (κ2) is 8.28. The van der Waals surface area contributed by atoms with Gasteiger partial charge in [0.2, 0.25) is 0 Å². The summed E-state index contributed by atoms with van der Waals surface area (Å²) in [5.74, 6) is 0.563. The van der Waals surface area contributed by atoms with Crippen LogP contribution in [0.1, 0.15) is 0 Å². The van der Waals surface area contributed by atoms with E-state index in [1.807, 2.05) is 0 Å². The van der Waals surface area contributed by atoms with E-state index < -0.39 is 4.92 Å². The van der Waals surface area contributed by atoms with Crippen molar-refractivity contribution in [3.63, 3.8) is 0 Å². The van der Waals surface area contributed by atoms with E-state index in [9.17, 15) is 10.1 Å². The van der Waals surface area contributed by atoms with Crippen LogP contribution in [0.2, 0.25) is 0 Å². The third kappa shape index (κ3) is 5.11. The number of hydrogen-bond donors (Lipinski definition) is 1. The van der Waals surface area contributed by atoms with Gasteiger partial charge in [0, 0.05) is 25.8 Å². The molecule has 0 fully saturated rings. The fourth-order valence-electron chi connectivity index (χ4n) is 1.45. The van der Waals surface area contributed by atoms with Crippen molar-refractivity contribution in [2.75, 3.05) is 45.9 Å². The number of rotatable bonds is 9. The van der Waals surface area contributed by atoms with Gasteiger partial charge in [-0.1, -0.05) is 0 Å². The Balaban J connectivity index is 2.52. The minimum absolute atomic E-state index is 0.0118. The largest absolute Gasteiger partial charge is 0.497 e. The number of hydrogen-bond acceptors (Lipinski definition) is 6. The Kier molecular flexibility index (Phi) is 6.62. The number of nitrogens with one attached hydrogen (secondary N) is 1. The average molecular weight is 270 g/mol. The van der Waals surface area contributed by atoms with Gasteiger partial charge >= 0.3 is 0 Å². The highest BCUT2D eigenvalue weighted by atomic mass is 16.6. The SMILES string of the molecule is COCCOCCNc1cc(OC)ccc1[N+](=O)[O-]. The van der Waals surface area contributed by atoms with Crippen molar-refractivity contribution in [2.45, 2.75) is 0 Å². The maximum absolute atomic E-state index is 10.9. The number of nitro groups is 1. The predicted molar refractivity (Wildman–Crippen MR) is 70.8 cm³/mol. The van der Waals surface area contributed by atoms with Gasteiger partial charge in [-0.3, -0.25) is 10.1 Å². The van der Waals surface area contributed by atoms with E-state index in [-0.39, 0.29) is 5.69 Å². The summed E-state index contributed by atoms with van der Waals surface area (Å²) in [6.07, 6.45) is 0. The number of ether oxygens (including phenoxy) is 3. The van der Waals surface area contributed by atoms with Crippen molar-refractivity contribution >= 4 is 11.4 Å². The molecule has 106 valence electrons. The lowest BCUT2D eigenvalue weighted by Crippen LogP contribution is -2.12. The zero-order valence-corrected chi connectivity index (χ0v) is 11.0. The van der Waals surface area contributed by atoms with Crippen molar-refractivity contribution in [2.24, 2.45) is 0 Å². The van der Waals surface area contributed by atoms with Gasteiger partial charge in [-0.15, -0.1) is 0 Å². The molecule has 0 aliphatic carbocycles. The van der Waals surface area contributed by atoms with Crippen LogP contribution in [0.25, 0.3) is 0 Å². The zero-order valence-electron chi connectivity index (χ0n) is 11.0. The third-order valence-electron chi connectivity index (χ3n) is 2.39. The Labute approximate surface area is 111 Å². The van der Waals surface area contributed by atoms with Crippen LogP contribution >= 0.6 is 0 Å². The summed E-state index contributed by atoms with van der Waals surface area (Å²) in [5, 5.41) is 13.8. The molecule has 0 atom stereocenters. The van der Waals surface area contributed by atoms with Crippen molar-refractivity contribution in [1.82, 2.24) is 0 Å². The second-order valence-corrected chi connectivity index (χ2v) is 3.67. The lowest BCUT2D eigenvalue weighted by Gasteiger charge is -2.09. The van der Waals surface area contributed by atoms with Gasteiger partial charge in [-0.2, -0.15) is 0 Å². The molecule has 0 heterocycles. The first kappa shape index (κ1) is 15.2. The smallest absolute Gasteiger partial charge is 0.292 e. The van der Waals surface area contributed by atoms with Gasteiger partial charge in [0.05, 0.1) is 31.9 Å². The standard InChI is InChI=1S/C12H18N2O5/c1-17-7-8-19-6-5-13-11-9-10(18-2)3-4-12(11)14(15)16/h3-4,9,13H,5-8H2,1-2H3. The van der Waals surface area contributed by atoms with Gasteiger partial charge in [0.15, 0.2) is 0 Å². The Morgan fingerprint density at radius 3 is 2.68 bits per heavy atom. The molecule has 7 heteroatoms. The summed E-state index contributed by atoms with van der Waals surface area (Å²) < 4.78 is 15.1. The highest BCUT2D eigenvalue weighted by Crippen LogP contribution is 2.28. The number of anilines is 1. The minimum atomic E-state index is -0.437. The third-order valence-corrected chi connectivity index (χ3v) is 2.39. The van der Waals surface area contributed by atoms with Gasteiger partial charge in [0.1, 0.15) is 11.4 Å². The van der Waals surface area contributed by atoms with E-state index in [2.05, 4.69) is 5.32 Å². The average Bonchev–Trinajstić information content (AvgIpc) is 2.42. The molecule has 1 aromatic rings. The van der Waals surface area contributed by atoms with Crippen LogP contribution in [-0.4, -0.2) is 45.5 Å². The summed E-state index contributed by atoms with van der Waals surface area (Å²) >= 11 is 0. The quantitative estimate of drug-likeness (QED) is 0.417. The highest BCUT2D eigenvalue weighted by molar-refractivity contribution is 5.64. The lowest BCUT2D eigenvalue weighted by molar-refractivity contribution is -0.384. The molecule has 7 nitrogen and oxygen atoms in total. The molecule has 0 saturated carbocycles. The molecule has 0 amide bonds. The maximum Gasteiger partial charge on any atom is 0.292 e. The molecule has 0 spiro atoms. The lowest BCUT2D eigenvalue weighted by atomic mass is 10.2. The Morgan fingerprint density at radius 1 is 1.26 bits per heavy atom. The number of nitrogens with zero attached hydrogens (tertiary/aromatic N) is 1. The molecule has 0 unspecified atom stereocenters. The fourth-order valence-corrected chi connectivity index (χ4v) is 1.45. The molecule has 1 N–H and O–H groups in total. The molecule has 0 aliphatic heterocycles. The monoisotopic (exact) mass is 270 g/mol. The van der Waals surface area contributed by atoms with E-state index in [0.717, 1.165) is 0 Å². The molecule has 0 bridgehead atoms. The molecular formula is C12H18N2O5. The van der Waals surface area contributed by atoms with Gasteiger partial charge in [0.25, 0.3) is 5.69 Å². The molecule has 0 aromatic heterocycles. The van der Waals surface area contributed by atoms with E-state index in [4.69, 9.17) is 14.2 Å². The van der Waals surface area contributed by atoms with Crippen LogP contribution in [0.15, 0.2) is 18.2 Å². The van der Waals surface area contributed by atoms with E-state index in [0.29, 0.717) is 37.8 Å². The summed E-state index contributed by atoms with van der Waals surface area (Å²) in [4.78, 5) is 10.4. The zero-order chi connectivity index (χ0) is 14.1. The normalized spacial score (nSPS) is 10.2. The van der Waals surface area contributed by atoms with Crippen LogP contribution in [0, 0.1) is 10.1 Å². The van der Waals surface area contributed by atoms with Crippen LogP contribution in [0.4, 0.5) is 11.4 Å². The number of benzene rings is 1. The fraction of sp³-hybridized carbons (Fsp3) is 0.500. The topological polar surface area (TPSA) is 82.9 Å². The number of nitro benzene ring substituents is 1. The minimum Gasteiger partial charge on any atom is -0.497 e. The summed E-state index contributed by atoms with van der Waals surface area (Å²) in [6.45, 7) is 1.94. The molecular weight excluding hydrogens is 252 g/mol. The summed E-state index contributed by atoms with van der Waals surface area (Å²) in [7, 11) is 3.11. The Bertz CT molecular complexity index is 411. The molecule has 19 heavy (non-hydrogen) atoms. The van der Waals surface area contributed by atoms with Crippen molar-refractivity contribution in [3.8, 4) is 5.75 Å². The van der Waals surface area contributed by atoms with Crippen molar-refractivity contribution < 1.29 is 19.1 Å². The van der Waals surface area contributed by atoms with Crippen LogP contribution < -0.4 is 10.1 Å². The highest BCUT2D eigenvalue weighted by Gasteiger charge is 2.13. The molecule has 0 aliphatic rings. The predicted octanol–water partition coefficient (Wildman–Crippen LogP) is 1.68. The van der Waals surface area contributed by atoms with Crippen LogP contribution in [0.5, 0.6) is 5.75 Å². The van der Waals surface area contributed by atoms with Crippen molar-refractivity contribution in [3.05, 3.63) is 28.3 Å². The maximum atomic E-state index is 10.9. The van der Waals surface area contributed by atoms with Crippen LogP contribution in [-0.2, 0) is 9.47 Å². The van der Waals surface area contributed by atoms with Gasteiger partial charge in [-0.25, -0.2) is 0 Å². The van der Waals surface area contributed by atoms with Gasteiger partial charge < -0.3 is 19.5 Å². The van der Waals surface area contributed by atoms with E-state index in [1.54, 1.807) is 19.2 Å². The number of methoxy groups -OCH3 is 2. The van der Waals surface area contributed by atoms with Crippen molar-refractivity contribution in [1.29, 1.82) is 0 Å². The Morgan fingerprint density at radius 2 is 2.05 bits per heavy atom. The molecule has 0 radical (unpaired) electrons.